The highest BCUT2D eigenvalue weighted by atomic mass is 19.1. The van der Waals surface area contributed by atoms with E-state index in [4.69, 9.17) is 0 Å². The van der Waals surface area contributed by atoms with E-state index in [-0.39, 0.29) is 5.82 Å². The van der Waals surface area contributed by atoms with Crippen molar-refractivity contribution in [3.8, 4) is 0 Å². The van der Waals surface area contributed by atoms with E-state index in [2.05, 4.69) is 22.2 Å². The van der Waals surface area contributed by atoms with Crippen LogP contribution >= 0.6 is 0 Å². The minimum absolute atomic E-state index is 0.167. The molecule has 1 fully saturated rings. The van der Waals surface area contributed by atoms with Crippen molar-refractivity contribution in [2.45, 2.75) is 32.6 Å². The van der Waals surface area contributed by atoms with E-state index in [1.165, 1.54) is 42.7 Å². The number of carbonyl (C=O) groups is 1. The second-order valence-corrected chi connectivity index (χ2v) is 7.03. The van der Waals surface area contributed by atoms with Crippen molar-refractivity contribution in [1.82, 2.24) is 9.97 Å². The van der Waals surface area contributed by atoms with Gasteiger partial charge in [-0.2, -0.15) is 0 Å². The number of halogens is 2. The SMILES string of the molecule is CC1=C(c2cnc(NC(=O)c3c(F)cccc3F)cn2)C2CCCC2C1. The summed E-state index contributed by atoms with van der Waals surface area (Å²) >= 11 is 0. The molecule has 1 N–H and O–H groups in total. The molecule has 2 aromatic rings. The summed E-state index contributed by atoms with van der Waals surface area (Å²) in [6.07, 6.45) is 7.89. The van der Waals surface area contributed by atoms with Gasteiger partial charge < -0.3 is 5.32 Å². The number of carbonyl (C=O) groups excluding carboxylic acids is 1. The molecular weight excluding hydrogens is 336 g/mol. The fourth-order valence-corrected chi connectivity index (χ4v) is 4.31. The third kappa shape index (κ3) is 2.89. The third-order valence-corrected chi connectivity index (χ3v) is 5.42. The van der Waals surface area contributed by atoms with E-state index in [0.717, 1.165) is 30.2 Å². The lowest BCUT2D eigenvalue weighted by Gasteiger charge is -2.14. The zero-order valence-corrected chi connectivity index (χ0v) is 14.4. The molecule has 1 aromatic carbocycles. The lowest BCUT2D eigenvalue weighted by atomic mass is 9.93. The highest BCUT2D eigenvalue weighted by Gasteiger charge is 2.37. The molecule has 6 heteroatoms. The lowest BCUT2D eigenvalue weighted by Crippen LogP contribution is -2.17. The zero-order chi connectivity index (χ0) is 18.3. The van der Waals surface area contributed by atoms with Gasteiger partial charge in [-0.3, -0.25) is 9.78 Å². The molecule has 0 aliphatic heterocycles. The van der Waals surface area contributed by atoms with Crippen LogP contribution in [0.3, 0.4) is 0 Å². The molecule has 134 valence electrons. The Balaban J connectivity index is 1.54. The minimum atomic E-state index is -0.911. The van der Waals surface area contributed by atoms with Crippen LogP contribution in [0.1, 0.15) is 48.7 Å². The van der Waals surface area contributed by atoms with Crippen LogP contribution in [0.15, 0.2) is 36.2 Å². The van der Waals surface area contributed by atoms with Crippen LogP contribution in [-0.2, 0) is 0 Å². The second kappa shape index (κ2) is 6.59. The normalized spacial score (nSPS) is 21.8. The number of benzene rings is 1. The summed E-state index contributed by atoms with van der Waals surface area (Å²) in [5.41, 5.74) is 2.84. The summed E-state index contributed by atoms with van der Waals surface area (Å²) in [4.78, 5) is 20.8. The summed E-state index contributed by atoms with van der Waals surface area (Å²) < 4.78 is 27.4. The van der Waals surface area contributed by atoms with E-state index in [9.17, 15) is 13.6 Å². The Kier molecular flexibility index (Phi) is 4.26. The molecule has 1 amide bonds. The molecule has 0 spiro atoms. The Morgan fingerprint density at radius 2 is 1.92 bits per heavy atom. The van der Waals surface area contributed by atoms with Gasteiger partial charge in [0.05, 0.1) is 18.1 Å². The van der Waals surface area contributed by atoms with Crippen molar-refractivity contribution >= 4 is 17.3 Å². The van der Waals surface area contributed by atoms with Crippen molar-refractivity contribution in [1.29, 1.82) is 0 Å². The molecule has 2 aliphatic rings. The fourth-order valence-electron chi connectivity index (χ4n) is 4.31. The molecule has 1 heterocycles. The summed E-state index contributed by atoms with van der Waals surface area (Å²) in [6.45, 7) is 2.14. The van der Waals surface area contributed by atoms with E-state index in [0.29, 0.717) is 5.92 Å². The molecule has 2 aliphatic carbocycles. The predicted molar refractivity (Wildman–Crippen MR) is 94.4 cm³/mol. The molecule has 26 heavy (non-hydrogen) atoms. The molecular formula is C20H19F2N3O. The van der Waals surface area contributed by atoms with Crippen LogP contribution in [0, 0.1) is 23.5 Å². The zero-order valence-electron chi connectivity index (χ0n) is 14.4. The highest BCUT2D eigenvalue weighted by Crippen LogP contribution is 2.50. The quantitative estimate of drug-likeness (QED) is 0.875. The largest absolute Gasteiger partial charge is 0.305 e. The average Bonchev–Trinajstić information content (AvgIpc) is 3.15. The van der Waals surface area contributed by atoms with E-state index >= 15 is 0 Å². The minimum Gasteiger partial charge on any atom is -0.305 e. The molecule has 2 atom stereocenters. The van der Waals surface area contributed by atoms with E-state index in [1.807, 2.05) is 0 Å². The van der Waals surface area contributed by atoms with Crippen molar-refractivity contribution in [2.75, 3.05) is 5.32 Å². The van der Waals surface area contributed by atoms with Gasteiger partial charge >= 0.3 is 0 Å². The van der Waals surface area contributed by atoms with Crippen molar-refractivity contribution < 1.29 is 13.6 Å². The Morgan fingerprint density at radius 3 is 2.62 bits per heavy atom. The summed E-state index contributed by atoms with van der Waals surface area (Å²) in [7, 11) is 0. The first-order chi connectivity index (χ1) is 12.5. The third-order valence-electron chi connectivity index (χ3n) is 5.42. The van der Waals surface area contributed by atoms with Gasteiger partial charge in [-0.1, -0.05) is 18.1 Å². The number of hydrogen-bond acceptors (Lipinski definition) is 3. The molecule has 2 unspecified atom stereocenters. The van der Waals surface area contributed by atoms with Gasteiger partial charge in [0, 0.05) is 0 Å². The maximum atomic E-state index is 13.7. The van der Waals surface area contributed by atoms with Gasteiger partial charge in [-0.05, 0) is 55.7 Å². The van der Waals surface area contributed by atoms with E-state index in [1.54, 1.807) is 6.20 Å². The van der Waals surface area contributed by atoms with Gasteiger partial charge in [0.25, 0.3) is 5.91 Å². The number of allylic oxidation sites excluding steroid dienone is 2. The maximum absolute atomic E-state index is 13.7. The molecule has 0 bridgehead atoms. The Bertz CT molecular complexity index is 872. The van der Waals surface area contributed by atoms with Gasteiger partial charge in [0.15, 0.2) is 5.82 Å². The first-order valence-corrected chi connectivity index (χ1v) is 8.82. The number of hydrogen-bond donors (Lipinski definition) is 1. The van der Waals surface area contributed by atoms with Crippen LogP contribution in [0.2, 0.25) is 0 Å². The number of anilines is 1. The van der Waals surface area contributed by atoms with Crippen LogP contribution in [0.4, 0.5) is 14.6 Å². The molecule has 4 nitrogen and oxygen atoms in total. The molecule has 4 rings (SSSR count). The first-order valence-electron chi connectivity index (χ1n) is 8.82. The van der Waals surface area contributed by atoms with Crippen LogP contribution in [0.25, 0.3) is 5.57 Å². The Labute approximate surface area is 150 Å². The smallest absolute Gasteiger partial charge is 0.262 e. The van der Waals surface area contributed by atoms with Crippen LogP contribution in [0.5, 0.6) is 0 Å². The first kappa shape index (κ1) is 16.8. The van der Waals surface area contributed by atoms with Crippen LogP contribution < -0.4 is 5.32 Å². The van der Waals surface area contributed by atoms with Crippen molar-refractivity contribution in [3.05, 3.63) is 59.1 Å². The fraction of sp³-hybridized carbons (Fsp3) is 0.350. The number of aromatic nitrogens is 2. The van der Waals surface area contributed by atoms with Crippen molar-refractivity contribution in [2.24, 2.45) is 11.8 Å². The monoisotopic (exact) mass is 355 g/mol. The Morgan fingerprint density at radius 1 is 1.15 bits per heavy atom. The average molecular weight is 355 g/mol. The number of nitrogens with zero attached hydrogens (tertiary/aromatic N) is 2. The molecule has 1 aromatic heterocycles. The van der Waals surface area contributed by atoms with Crippen molar-refractivity contribution in [3.63, 3.8) is 0 Å². The lowest BCUT2D eigenvalue weighted by molar-refractivity contribution is 0.101. The van der Waals surface area contributed by atoms with Gasteiger partial charge in [-0.25, -0.2) is 13.8 Å². The molecule has 1 saturated carbocycles. The number of amides is 1. The predicted octanol–water partition coefficient (Wildman–Crippen LogP) is 4.60. The molecule has 0 radical (unpaired) electrons. The summed E-state index contributed by atoms with van der Waals surface area (Å²) in [6, 6.07) is 3.30. The van der Waals surface area contributed by atoms with Crippen LogP contribution in [-0.4, -0.2) is 15.9 Å². The second-order valence-electron chi connectivity index (χ2n) is 7.03. The van der Waals surface area contributed by atoms with Gasteiger partial charge in [0.2, 0.25) is 0 Å². The van der Waals surface area contributed by atoms with Gasteiger partial charge in [0.1, 0.15) is 17.2 Å². The number of rotatable bonds is 3. The summed E-state index contributed by atoms with van der Waals surface area (Å²) in [5, 5.41) is 2.41. The highest BCUT2D eigenvalue weighted by molar-refractivity contribution is 6.04. The Hall–Kier alpha value is -2.63. The van der Waals surface area contributed by atoms with E-state index < -0.39 is 23.1 Å². The molecule has 0 saturated heterocycles. The maximum Gasteiger partial charge on any atom is 0.262 e. The summed E-state index contributed by atoms with van der Waals surface area (Å²) in [5.74, 6) is -1.26. The number of nitrogens with one attached hydrogen (secondary N) is 1. The topological polar surface area (TPSA) is 54.9 Å². The number of fused-ring (bicyclic) bond motifs is 1. The standard InChI is InChI=1S/C20H19F2N3O/c1-11-8-12-4-2-5-13(12)18(11)16-9-24-17(10-23-16)25-20(26)19-14(21)6-3-7-15(19)22/h3,6-7,9-10,12-13H,2,4-5,8H2,1H3,(H,24,25,26). The van der Waals surface area contributed by atoms with Gasteiger partial charge in [-0.15, -0.1) is 0 Å².